The SMILES string of the molecule is CC1NNC(C)C1CCC(=O)Nc1n[nH]c(CCc2ccccc2)n1. The Balaban J connectivity index is 1.43. The summed E-state index contributed by atoms with van der Waals surface area (Å²) < 4.78 is 0. The van der Waals surface area contributed by atoms with Crippen molar-refractivity contribution in [3.63, 3.8) is 0 Å². The van der Waals surface area contributed by atoms with Gasteiger partial charge in [0.2, 0.25) is 11.9 Å². The number of aryl methyl sites for hydroxylation is 2. The molecule has 1 saturated heterocycles. The van der Waals surface area contributed by atoms with Crippen molar-refractivity contribution in [2.45, 2.75) is 51.6 Å². The van der Waals surface area contributed by atoms with Gasteiger partial charge >= 0.3 is 0 Å². The molecule has 1 fully saturated rings. The maximum absolute atomic E-state index is 12.1. The number of amides is 1. The first-order valence-corrected chi connectivity index (χ1v) is 8.88. The average Bonchev–Trinajstić information content (AvgIpc) is 3.19. The average molecular weight is 342 g/mol. The first kappa shape index (κ1) is 17.6. The van der Waals surface area contributed by atoms with E-state index in [-0.39, 0.29) is 5.91 Å². The van der Waals surface area contributed by atoms with E-state index in [0.29, 0.717) is 30.4 Å². The van der Waals surface area contributed by atoms with Gasteiger partial charge in [0.25, 0.3) is 0 Å². The van der Waals surface area contributed by atoms with E-state index < -0.39 is 0 Å². The van der Waals surface area contributed by atoms with Gasteiger partial charge < -0.3 is 0 Å². The molecule has 2 heterocycles. The van der Waals surface area contributed by atoms with E-state index in [2.05, 4.69) is 57.3 Å². The molecule has 2 aromatic rings. The number of nitrogens with zero attached hydrogens (tertiary/aromatic N) is 2. The van der Waals surface area contributed by atoms with Crippen LogP contribution in [0.4, 0.5) is 5.95 Å². The zero-order valence-corrected chi connectivity index (χ0v) is 14.7. The summed E-state index contributed by atoms with van der Waals surface area (Å²) in [6, 6.07) is 11.0. The van der Waals surface area contributed by atoms with Gasteiger partial charge in [-0.25, -0.2) is 0 Å². The van der Waals surface area contributed by atoms with Crippen molar-refractivity contribution in [2.75, 3.05) is 5.32 Å². The summed E-state index contributed by atoms with van der Waals surface area (Å²) >= 11 is 0. The topological polar surface area (TPSA) is 94.7 Å². The predicted molar refractivity (Wildman–Crippen MR) is 96.8 cm³/mol. The molecule has 1 aromatic heterocycles. The van der Waals surface area contributed by atoms with Crippen molar-refractivity contribution < 1.29 is 4.79 Å². The summed E-state index contributed by atoms with van der Waals surface area (Å²) in [5.74, 6) is 1.54. The molecule has 0 radical (unpaired) electrons. The highest BCUT2D eigenvalue weighted by Crippen LogP contribution is 2.20. The highest BCUT2D eigenvalue weighted by molar-refractivity contribution is 5.88. The number of carbonyl (C=O) groups excluding carboxylic acids is 1. The fraction of sp³-hybridized carbons (Fsp3) is 0.500. The van der Waals surface area contributed by atoms with Gasteiger partial charge in [-0.3, -0.25) is 26.1 Å². The number of hydrogen-bond donors (Lipinski definition) is 4. The van der Waals surface area contributed by atoms with Crippen LogP contribution in [-0.2, 0) is 17.6 Å². The summed E-state index contributed by atoms with van der Waals surface area (Å²) in [5, 5.41) is 9.76. The van der Waals surface area contributed by atoms with Crippen LogP contribution >= 0.6 is 0 Å². The number of anilines is 1. The molecule has 1 aliphatic rings. The Kier molecular flexibility index (Phi) is 5.78. The van der Waals surface area contributed by atoms with Gasteiger partial charge in [0, 0.05) is 24.9 Å². The van der Waals surface area contributed by atoms with Crippen LogP contribution in [0.3, 0.4) is 0 Å². The number of hydrazine groups is 1. The molecule has 0 saturated carbocycles. The van der Waals surface area contributed by atoms with Crippen molar-refractivity contribution >= 4 is 11.9 Å². The second-order valence-electron chi connectivity index (χ2n) is 6.71. The van der Waals surface area contributed by atoms with Crippen LogP contribution in [0.25, 0.3) is 0 Å². The number of benzene rings is 1. The van der Waals surface area contributed by atoms with E-state index in [0.717, 1.165) is 25.1 Å². The molecular formula is C18H26N6O. The summed E-state index contributed by atoms with van der Waals surface area (Å²) in [6.45, 7) is 4.26. The molecule has 25 heavy (non-hydrogen) atoms. The van der Waals surface area contributed by atoms with Crippen LogP contribution < -0.4 is 16.2 Å². The van der Waals surface area contributed by atoms with E-state index in [1.165, 1.54) is 5.56 Å². The largest absolute Gasteiger partial charge is 0.293 e. The predicted octanol–water partition coefficient (Wildman–Crippen LogP) is 1.81. The lowest BCUT2D eigenvalue weighted by atomic mass is 9.91. The zero-order chi connectivity index (χ0) is 17.6. The number of nitrogens with one attached hydrogen (secondary N) is 4. The van der Waals surface area contributed by atoms with Crippen LogP contribution in [0.2, 0.25) is 0 Å². The Morgan fingerprint density at radius 3 is 2.56 bits per heavy atom. The van der Waals surface area contributed by atoms with Gasteiger partial charge in [0.05, 0.1) is 0 Å². The molecule has 7 heteroatoms. The first-order chi connectivity index (χ1) is 12.1. The second kappa shape index (κ2) is 8.22. The van der Waals surface area contributed by atoms with Gasteiger partial charge in [0.1, 0.15) is 5.82 Å². The van der Waals surface area contributed by atoms with E-state index in [1.54, 1.807) is 0 Å². The van der Waals surface area contributed by atoms with E-state index in [4.69, 9.17) is 0 Å². The fourth-order valence-electron chi connectivity index (χ4n) is 3.27. The lowest BCUT2D eigenvalue weighted by Gasteiger charge is -2.16. The number of aromatic amines is 1. The lowest BCUT2D eigenvalue weighted by molar-refractivity contribution is -0.116. The molecular weight excluding hydrogens is 316 g/mol. The summed E-state index contributed by atoms with van der Waals surface area (Å²) in [7, 11) is 0. The minimum absolute atomic E-state index is 0.0418. The van der Waals surface area contributed by atoms with Gasteiger partial charge in [-0.1, -0.05) is 30.3 Å². The minimum atomic E-state index is -0.0418. The molecule has 7 nitrogen and oxygen atoms in total. The van der Waals surface area contributed by atoms with Gasteiger partial charge in [0.15, 0.2) is 0 Å². The molecule has 4 N–H and O–H groups in total. The summed E-state index contributed by atoms with van der Waals surface area (Å²) in [6.07, 6.45) is 2.96. The molecule has 1 amide bonds. The van der Waals surface area contributed by atoms with Crippen molar-refractivity contribution in [1.82, 2.24) is 26.0 Å². The lowest BCUT2D eigenvalue weighted by Crippen LogP contribution is -2.30. The molecule has 2 atom stereocenters. The van der Waals surface area contributed by atoms with Crippen molar-refractivity contribution in [3.8, 4) is 0 Å². The molecule has 1 aromatic carbocycles. The Bertz CT molecular complexity index is 676. The number of H-pyrrole nitrogens is 1. The molecule has 0 aliphatic carbocycles. The summed E-state index contributed by atoms with van der Waals surface area (Å²) in [4.78, 5) is 16.5. The molecule has 134 valence electrons. The van der Waals surface area contributed by atoms with Crippen molar-refractivity contribution in [1.29, 1.82) is 0 Å². The van der Waals surface area contributed by atoms with Gasteiger partial charge in [-0.05, 0) is 38.2 Å². The normalized spacial score (nSPS) is 22.9. The zero-order valence-electron chi connectivity index (χ0n) is 14.7. The van der Waals surface area contributed by atoms with Crippen LogP contribution in [0, 0.1) is 5.92 Å². The third-order valence-corrected chi connectivity index (χ3v) is 4.80. The maximum atomic E-state index is 12.1. The van der Waals surface area contributed by atoms with Gasteiger partial charge in [-0.15, -0.1) is 5.10 Å². The number of carbonyl (C=O) groups is 1. The van der Waals surface area contributed by atoms with Crippen LogP contribution in [-0.4, -0.2) is 33.2 Å². The van der Waals surface area contributed by atoms with Crippen LogP contribution in [0.15, 0.2) is 30.3 Å². The van der Waals surface area contributed by atoms with Gasteiger partial charge in [-0.2, -0.15) is 4.98 Å². The van der Waals surface area contributed by atoms with E-state index in [9.17, 15) is 4.79 Å². The second-order valence-corrected chi connectivity index (χ2v) is 6.71. The maximum Gasteiger partial charge on any atom is 0.248 e. The highest BCUT2D eigenvalue weighted by Gasteiger charge is 2.29. The Morgan fingerprint density at radius 2 is 1.84 bits per heavy atom. The molecule has 1 aliphatic heterocycles. The number of aromatic nitrogens is 3. The van der Waals surface area contributed by atoms with Crippen LogP contribution in [0.1, 0.15) is 38.1 Å². The smallest absolute Gasteiger partial charge is 0.248 e. The first-order valence-electron chi connectivity index (χ1n) is 8.88. The number of hydrogen-bond acceptors (Lipinski definition) is 5. The van der Waals surface area contributed by atoms with Crippen LogP contribution in [0.5, 0.6) is 0 Å². The van der Waals surface area contributed by atoms with E-state index in [1.807, 2.05) is 18.2 Å². The Morgan fingerprint density at radius 1 is 1.12 bits per heavy atom. The molecule has 2 unspecified atom stereocenters. The van der Waals surface area contributed by atoms with Crippen molar-refractivity contribution in [2.24, 2.45) is 5.92 Å². The fourth-order valence-corrected chi connectivity index (χ4v) is 3.27. The highest BCUT2D eigenvalue weighted by atomic mass is 16.1. The monoisotopic (exact) mass is 342 g/mol. The molecule has 3 rings (SSSR count). The standard InChI is InChI=1S/C18H26N6O/c1-12-15(13(2)22-21-12)9-11-17(25)20-18-19-16(23-24-18)10-8-14-6-4-3-5-7-14/h3-7,12-13,15,21-22H,8-11H2,1-2H3,(H2,19,20,23,24,25). The van der Waals surface area contributed by atoms with E-state index >= 15 is 0 Å². The third-order valence-electron chi connectivity index (χ3n) is 4.80. The summed E-state index contributed by atoms with van der Waals surface area (Å²) in [5.41, 5.74) is 7.68. The molecule has 0 spiro atoms. The van der Waals surface area contributed by atoms with Crippen molar-refractivity contribution in [3.05, 3.63) is 41.7 Å². The number of rotatable bonds is 7. The quantitative estimate of drug-likeness (QED) is 0.616. The minimum Gasteiger partial charge on any atom is -0.293 e. The Hall–Kier alpha value is -2.25. The Labute approximate surface area is 148 Å². The molecule has 0 bridgehead atoms. The third kappa shape index (κ3) is 4.87.